The van der Waals surface area contributed by atoms with Crippen LogP contribution < -0.4 is 10.4 Å². The summed E-state index contributed by atoms with van der Waals surface area (Å²) in [5, 5.41) is 27.8. The summed E-state index contributed by atoms with van der Waals surface area (Å²) >= 11 is 0. The van der Waals surface area contributed by atoms with Crippen molar-refractivity contribution in [2.75, 3.05) is 0 Å². The molecule has 1 aliphatic carbocycles. The molecular weight excluding hydrogens is 589 g/mol. The number of nitriles is 3. The van der Waals surface area contributed by atoms with Gasteiger partial charge in [0.05, 0.1) is 29.8 Å². The van der Waals surface area contributed by atoms with Crippen LogP contribution >= 0.6 is 0 Å². The van der Waals surface area contributed by atoms with Crippen molar-refractivity contribution in [3.63, 3.8) is 0 Å². The molecule has 0 unspecified atom stereocenters. The quantitative estimate of drug-likeness (QED) is 0.117. The lowest BCUT2D eigenvalue weighted by molar-refractivity contribution is 0.376. The minimum Gasteiger partial charge on any atom is -0.237 e. The first-order valence-corrected chi connectivity index (χ1v) is 11.1. The fourth-order valence-electron chi connectivity index (χ4n) is 4.14. The van der Waals surface area contributed by atoms with Gasteiger partial charge in [0.15, 0.2) is 52.4 Å². The highest BCUT2D eigenvalue weighted by atomic mass is 19.2. The second-order valence-electron chi connectivity index (χ2n) is 8.28. The molecule has 0 saturated heterocycles. The van der Waals surface area contributed by atoms with E-state index in [0.717, 1.165) is 24.3 Å². The third-order valence-corrected chi connectivity index (χ3v) is 6.13. The van der Waals surface area contributed by atoms with E-state index in [1.165, 1.54) is 6.07 Å². The molecule has 0 bridgehead atoms. The van der Waals surface area contributed by atoms with Crippen molar-refractivity contribution in [3.05, 3.63) is 132 Å². The smallest absolute Gasteiger partial charge is 0.237 e. The molecule has 3 aromatic rings. The molecule has 5 nitrogen and oxygen atoms in total. The van der Waals surface area contributed by atoms with Crippen LogP contribution in [0.25, 0.3) is 32.1 Å². The van der Waals surface area contributed by atoms with Crippen molar-refractivity contribution in [3.8, 4) is 18.2 Å². The van der Waals surface area contributed by atoms with Gasteiger partial charge in [0.25, 0.3) is 5.69 Å². The highest BCUT2D eigenvalue weighted by Gasteiger charge is 2.43. The van der Waals surface area contributed by atoms with Crippen molar-refractivity contribution in [2.45, 2.75) is 0 Å². The van der Waals surface area contributed by atoms with Crippen LogP contribution in [0.2, 0.25) is 0 Å². The lowest BCUT2D eigenvalue weighted by Gasteiger charge is -2.08. The third kappa shape index (κ3) is 4.43. The van der Waals surface area contributed by atoms with Gasteiger partial charge in [-0.05, 0) is 21.9 Å². The second kappa shape index (κ2) is 10.9. The van der Waals surface area contributed by atoms with Gasteiger partial charge in [-0.15, -0.1) is 0 Å². The first-order valence-electron chi connectivity index (χ1n) is 11.1. The second-order valence-corrected chi connectivity index (χ2v) is 8.28. The molecule has 0 radical (unpaired) electrons. The maximum Gasteiger partial charge on any atom is 0.262 e. The summed E-state index contributed by atoms with van der Waals surface area (Å²) < 4.78 is 130. The number of rotatable bonds is 2. The van der Waals surface area contributed by atoms with Gasteiger partial charge in [0, 0.05) is 5.22 Å². The topological polar surface area (TPSA) is 80.1 Å². The molecule has 0 amide bonds. The van der Waals surface area contributed by atoms with Crippen LogP contribution in [-0.2, 0) is 0 Å². The molecule has 0 N–H and O–H groups in total. The molecule has 1 aliphatic rings. The number of allylic oxidation sites excluding steroid dienone is 3. The standard InChI is InChI=1S/C29H4F9N5/c1-42-28(18-21(32)23(34)25(36)24(35)22(18)33)17-14(11-5-3-10(4-6-11)12(7-39)8-40)15(17)13(9-41)16-19(30)26(37)29(43-2)27(38)20(16)31/h3-6H/b15-13-,28-17-. The van der Waals surface area contributed by atoms with Crippen LogP contribution in [0.3, 0.4) is 0 Å². The monoisotopic (exact) mass is 593 g/mol. The summed E-state index contributed by atoms with van der Waals surface area (Å²) in [5.41, 5.74) is -10.1. The Labute approximate surface area is 234 Å². The van der Waals surface area contributed by atoms with Gasteiger partial charge in [-0.3, -0.25) is 0 Å². The zero-order chi connectivity index (χ0) is 31.9. The zero-order valence-electron chi connectivity index (χ0n) is 20.4. The summed E-state index contributed by atoms with van der Waals surface area (Å²) in [6, 6.07) is 8.96. The van der Waals surface area contributed by atoms with Gasteiger partial charge in [-0.1, -0.05) is 24.3 Å². The average Bonchev–Trinajstić information content (AvgIpc) is 3.74. The molecule has 208 valence electrons. The van der Waals surface area contributed by atoms with Crippen molar-refractivity contribution in [1.29, 1.82) is 15.8 Å². The van der Waals surface area contributed by atoms with E-state index >= 15 is 0 Å². The Morgan fingerprint density at radius 2 is 1.05 bits per heavy atom. The van der Waals surface area contributed by atoms with Crippen molar-refractivity contribution in [1.82, 2.24) is 0 Å². The van der Waals surface area contributed by atoms with E-state index in [9.17, 15) is 44.8 Å². The predicted molar refractivity (Wildman–Crippen MR) is 129 cm³/mol. The number of nitrogens with zero attached hydrogens (tertiary/aromatic N) is 5. The number of benzene rings is 3. The molecular formula is C29H4F9N5. The molecule has 1 fully saturated rings. The van der Waals surface area contributed by atoms with Crippen LogP contribution in [-0.4, -0.2) is 0 Å². The maximum absolute atomic E-state index is 15.0. The Morgan fingerprint density at radius 1 is 0.581 bits per heavy atom. The highest BCUT2D eigenvalue weighted by molar-refractivity contribution is 6.20. The van der Waals surface area contributed by atoms with E-state index in [4.69, 9.17) is 23.7 Å². The maximum atomic E-state index is 15.0. The summed E-state index contributed by atoms with van der Waals surface area (Å²) in [6.45, 7) is 14.2. The first-order chi connectivity index (χ1) is 20.4. The molecule has 0 spiro atoms. The van der Waals surface area contributed by atoms with Crippen molar-refractivity contribution >= 4 is 28.1 Å². The van der Waals surface area contributed by atoms with Crippen LogP contribution in [0.1, 0.15) is 11.1 Å². The largest absolute Gasteiger partial charge is 0.262 e. The van der Waals surface area contributed by atoms with Gasteiger partial charge >= 0.3 is 0 Å². The Balaban J connectivity index is 2.27. The molecule has 0 atom stereocenters. The van der Waals surface area contributed by atoms with Crippen LogP contribution in [0.5, 0.6) is 0 Å². The summed E-state index contributed by atoms with van der Waals surface area (Å²) in [4.78, 5) is 5.18. The Hall–Kier alpha value is -6.30. The van der Waals surface area contributed by atoms with Gasteiger partial charge in [0.1, 0.15) is 23.8 Å². The fourth-order valence-corrected chi connectivity index (χ4v) is 4.14. The molecule has 43 heavy (non-hydrogen) atoms. The lowest BCUT2D eigenvalue weighted by Crippen LogP contribution is -2.09. The van der Waals surface area contributed by atoms with Crippen molar-refractivity contribution < 1.29 is 39.5 Å². The first kappa shape index (κ1) is 29.7. The van der Waals surface area contributed by atoms with E-state index in [2.05, 4.69) is 9.69 Å². The third-order valence-electron chi connectivity index (χ3n) is 6.13. The van der Waals surface area contributed by atoms with Crippen LogP contribution in [0.4, 0.5) is 45.2 Å². The van der Waals surface area contributed by atoms with Crippen LogP contribution in [0, 0.1) is 99.5 Å². The highest BCUT2D eigenvalue weighted by Crippen LogP contribution is 2.55. The SMILES string of the molecule is [C-]#[N+]/C(=C1/C(=c2ccc(=C(C#N)C#N)cc2)/C1=C(\C#N)c1c(F)c(F)c([N+]#[C-])c(F)c1F)c1c(F)c(F)c(F)c(F)c1F. The number of hydrogen-bond donors (Lipinski definition) is 0. The van der Waals surface area contributed by atoms with E-state index in [1.807, 2.05) is 0 Å². The lowest BCUT2D eigenvalue weighted by atomic mass is 10.0. The Kier molecular flexibility index (Phi) is 7.55. The molecule has 0 heterocycles. The van der Waals surface area contributed by atoms with Crippen LogP contribution in [0.15, 0.2) is 35.4 Å². The summed E-state index contributed by atoms with van der Waals surface area (Å²) in [6.07, 6.45) is 0. The van der Waals surface area contributed by atoms with Gasteiger partial charge < -0.3 is 0 Å². The van der Waals surface area contributed by atoms with Gasteiger partial charge in [-0.2, -0.15) is 15.8 Å². The Bertz CT molecular complexity index is 2130. The average molecular weight is 593 g/mol. The van der Waals surface area contributed by atoms with Gasteiger partial charge in [0.2, 0.25) is 5.70 Å². The number of hydrogen-bond acceptors (Lipinski definition) is 3. The summed E-state index contributed by atoms with van der Waals surface area (Å²) in [7, 11) is 0. The normalized spacial score (nSPS) is 14.1. The molecule has 0 aliphatic heterocycles. The molecule has 14 heteroatoms. The summed E-state index contributed by atoms with van der Waals surface area (Å²) in [5.74, 6) is -21.2. The van der Waals surface area contributed by atoms with Gasteiger partial charge in [-0.25, -0.2) is 49.2 Å². The molecule has 1 saturated carbocycles. The minimum absolute atomic E-state index is 0.0349. The van der Waals surface area contributed by atoms with E-state index < -0.39 is 97.2 Å². The zero-order valence-corrected chi connectivity index (χ0v) is 20.4. The van der Waals surface area contributed by atoms with E-state index in [-0.39, 0.29) is 16.0 Å². The molecule has 3 aromatic carbocycles. The molecule has 4 rings (SSSR count). The van der Waals surface area contributed by atoms with E-state index in [1.54, 1.807) is 12.1 Å². The number of halogens is 9. The van der Waals surface area contributed by atoms with E-state index in [0.29, 0.717) is 0 Å². The predicted octanol–water partition coefficient (Wildman–Crippen LogP) is 6.16. The fraction of sp³-hybridized carbons (Fsp3) is 0. The Morgan fingerprint density at radius 3 is 1.47 bits per heavy atom. The van der Waals surface area contributed by atoms with Crippen molar-refractivity contribution in [2.24, 2.45) is 0 Å². The molecule has 0 aromatic heterocycles. The minimum atomic E-state index is -2.56.